The minimum absolute atomic E-state index is 0.0350. The minimum Gasteiger partial charge on any atom is -0.493 e. The van der Waals surface area contributed by atoms with Crippen LogP contribution in [0, 0.1) is 0 Å². The number of urea groups is 1. The van der Waals surface area contributed by atoms with E-state index >= 15 is 0 Å². The first-order valence-corrected chi connectivity index (χ1v) is 15.1. The van der Waals surface area contributed by atoms with E-state index in [1.807, 2.05) is 90.8 Å². The molecule has 2 atom stereocenters. The maximum atomic E-state index is 14.1. The lowest BCUT2D eigenvalue weighted by molar-refractivity contribution is -0.190. The number of amides is 4. The number of nitrogens with zero attached hydrogens (tertiary/aromatic N) is 4. The van der Waals surface area contributed by atoms with E-state index in [0.717, 1.165) is 23.1 Å². The molecule has 0 aliphatic carbocycles. The van der Waals surface area contributed by atoms with Gasteiger partial charge in [0.05, 0.1) is 27.3 Å². The molecule has 10 heteroatoms. The second kappa shape index (κ2) is 14.3. The first-order chi connectivity index (χ1) is 21.4. The number of piperazine rings is 1. The van der Waals surface area contributed by atoms with Gasteiger partial charge in [0.15, 0.2) is 11.5 Å². The summed E-state index contributed by atoms with van der Waals surface area (Å²) >= 11 is 0. The van der Waals surface area contributed by atoms with E-state index in [2.05, 4.69) is 5.32 Å². The molecule has 0 spiro atoms. The smallest absolute Gasteiger partial charge is 0.334 e. The van der Waals surface area contributed by atoms with E-state index in [9.17, 15) is 14.4 Å². The van der Waals surface area contributed by atoms with Gasteiger partial charge in [0.1, 0.15) is 12.2 Å². The molecule has 2 fully saturated rings. The van der Waals surface area contributed by atoms with Gasteiger partial charge in [-0.15, -0.1) is 0 Å². The topological polar surface area (TPSA) is 94.7 Å². The van der Waals surface area contributed by atoms with Crippen LogP contribution in [-0.2, 0) is 29.0 Å². The highest BCUT2D eigenvalue weighted by Gasteiger charge is 2.51. The summed E-state index contributed by atoms with van der Waals surface area (Å²) < 4.78 is 10.9. The predicted octanol–water partition coefficient (Wildman–Crippen LogP) is 3.71. The monoisotopic (exact) mass is 599 g/mol. The van der Waals surface area contributed by atoms with Crippen molar-refractivity contribution in [1.82, 2.24) is 25.1 Å². The summed E-state index contributed by atoms with van der Waals surface area (Å²) in [6, 6.07) is 24.1. The van der Waals surface area contributed by atoms with Gasteiger partial charge in [-0.2, -0.15) is 0 Å². The lowest BCUT2D eigenvalue weighted by Crippen LogP contribution is -2.76. The zero-order valence-electron chi connectivity index (χ0n) is 25.6. The summed E-state index contributed by atoms with van der Waals surface area (Å²) in [5.74, 6) is 0.993. The van der Waals surface area contributed by atoms with Gasteiger partial charge in [0, 0.05) is 26.1 Å². The van der Waals surface area contributed by atoms with Gasteiger partial charge < -0.3 is 24.6 Å². The minimum atomic E-state index is -0.734. The second-order valence-electron chi connectivity index (χ2n) is 11.1. The Kier molecular flexibility index (Phi) is 10.0. The van der Waals surface area contributed by atoms with Crippen molar-refractivity contribution in [2.75, 3.05) is 40.4 Å². The Hall–Kier alpha value is -4.57. The van der Waals surface area contributed by atoms with E-state index < -0.39 is 12.2 Å². The molecule has 2 heterocycles. The van der Waals surface area contributed by atoms with Gasteiger partial charge in [-0.05, 0) is 41.7 Å². The Morgan fingerprint density at radius 2 is 1.55 bits per heavy atom. The number of hydrogen-bond donors (Lipinski definition) is 1. The number of methoxy groups -OCH3 is 2. The molecule has 3 aromatic carbocycles. The van der Waals surface area contributed by atoms with Gasteiger partial charge >= 0.3 is 6.03 Å². The largest absolute Gasteiger partial charge is 0.493 e. The highest BCUT2D eigenvalue weighted by molar-refractivity contribution is 5.91. The Bertz CT molecular complexity index is 1440. The summed E-state index contributed by atoms with van der Waals surface area (Å²) in [4.78, 5) is 45.2. The molecule has 10 nitrogen and oxygen atoms in total. The van der Waals surface area contributed by atoms with Crippen LogP contribution < -0.4 is 14.8 Å². The van der Waals surface area contributed by atoms with Crippen molar-refractivity contribution < 1.29 is 23.9 Å². The van der Waals surface area contributed by atoms with Crippen molar-refractivity contribution in [1.29, 1.82) is 0 Å². The number of ether oxygens (including phenoxy) is 2. The van der Waals surface area contributed by atoms with Crippen molar-refractivity contribution >= 4 is 17.8 Å². The maximum Gasteiger partial charge on any atom is 0.334 e. The van der Waals surface area contributed by atoms with Gasteiger partial charge in [0.2, 0.25) is 11.8 Å². The number of nitrogens with one attached hydrogen (secondary N) is 1. The lowest BCUT2D eigenvalue weighted by atomic mass is 9.98. The van der Waals surface area contributed by atoms with Crippen molar-refractivity contribution in [3.63, 3.8) is 0 Å². The third-order valence-electron chi connectivity index (χ3n) is 8.20. The molecule has 1 N–H and O–H groups in total. The number of fused-ring (bicyclic) bond motifs is 1. The molecule has 2 saturated heterocycles. The molecule has 0 bridgehead atoms. The van der Waals surface area contributed by atoms with Crippen molar-refractivity contribution in [2.45, 2.75) is 44.9 Å². The first kappa shape index (κ1) is 30.9. The van der Waals surface area contributed by atoms with Crippen LogP contribution in [0.5, 0.6) is 11.5 Å². The number of benzene rings is 3. The van der Waals surface area contributed by atoms with Crippen LogP contribution in [-0.4, -0.2) is 90.3 Å². The highest BCUT2D eigenvalue weighted by Crippen LogP contribution is 2.30. The lowest BCUT2D eigenvalue weighted by Gasteiger charge is -2.55. The zero-order valence-corrected chi connectivity index (χ0v) is 25.6. The average Bonchev–Trinajstić information content (AvgIpc) is 3.05. The fourth-order valence-electron chi connectivity index (χ4n) is 6.04. The summed E-state index contributed by atoms with van der Waals surface area (Å²) in [5.41, 5.74) is 2.92. The Morgan fingerprint density at radius 1 is 0.864 bits per heavy atom. The van der Waals surface area contributed by atoms with Gasteiger partial charge in [0.25, 0.3) is 0 Å². The molecule has 0 saturated carbocycles. The molecule has 44 heavy (non-hydrogen) atoms. The van der Waals surface area contributed by atoms with Crippen molar-refractivity contribution in [3.05, 3.63) is 95.6 Å². The Labute approximate surface area is 259 Å². The maximum absolute atomic E-state index is 14.1. The molecule has 0 radical (unpaired) electrons. The molecular formula is C34H41N5O5. The highest BCUT2D eigenvalue weighted by atomic mass is 16.5. The summed E-state index contributed by atoms with van der Waals surface area (Å²) in [6.07, 6.45) is 1.05. The predicted molar refractivity (Wildman–Crippen MR) is 167 cm³/mol. The molecule has 4 amide bonds. The number of hydrogen-bond acceptors (Lipinski definition) is 6. The fourth-order valence-corrected chi connectivity index (χ4v) is 6.04. The van der Waals surface area contributed by atoms with Crippen LogP contribution in [0.15, 0.2) is 78.9 Å². The van der Waals surface area contributed by atoms with Crippen molar-refractivity contribution in [3.8, 4) is 11.5 Å². The number of hydrazine groups is 1. The molecule has 0 aromatic heterocycles. The summed E-state index contributed by atoms with van der Waals surface area (Å²) in [7, 11) is 3.19. The number of carbonyl (C=O) groups is 3. The fraction of sp³-hybridized carbons (Fsp3) is 0.382. The van der Waals surface area contributed by atoms with E-state index in [0.29, 0.717) is 44.0 Å². The zero-order chi connectivity index (χ0) is 31.1. The molecule has 2 aliphatic rings. The van der Waals surface area contributed by atoms with E-state index in [1.165, 1.54) is 0 Å². The third-order valence-corrected chi connectivity index (χ3v) is 8.20. The third kappa shape index (κ3) is 6.81. The molecule has 232 valence electrons. The SMILES string of the molecule is CCCN1CC(=O)N2[C@@H](Cc3ccccc3)C(=O)N(CCc3ccc(OC)c(OC)c3)C[C@@H]2N1C(=O)NCc1ccccc1. The number of carbonyl (C=O) groups excluding carboxylic acids is 3. The van der Waals surface area contributed by atoms with Crippen molar-refractivity contribution in [2.24, 2.45) is 0 Å². The molecular weight excluding hydrogens is 558 g/mol. The second-order valence-corrected chi connectivity index (χ2v) is 11.1. The average molecular weight is 600 g/mol. The van der Waals surface area contributed by atoms with Crippen LogP contribution in [0.25, 0.3) is 0 Å². The van der Waals surface area contributed by atoms with E-state index in [4.69, 9.17) is 9.47 Å². The molecule has 5 rings (SSSR count). The quantitative estimate of drug-likeness (QED) is 0.361. The normalized spacial score (nSPS) is 18.7. The first-order valence-electron chi connectivity index (χ1n) is 15.1. The van der Waals surface area contributed by atoms with Gasteiger partial charge in [-0.3, -0.25) is 9.59 Å². The van der Waals surface area contributed by atoms with Gasteiger partial charge in [-0.1, -0.05) is 73.7 Å². The molecule has 2 aliphatic heterocycles. The number of rotatable bonds is 11. The molecule has 0 unspecified atom stereocenters. The van der Waals surface area contributed by atoms with Crippen LogP contribution in [0.2, 0.25) is 0 Å². The standard InChI is InChI=1S/C34H41N5O5/c1-4-18-37-24-32(40)38-28(20-25-11-7-5-8-12-25)33(41)36(19-17-26-15-16-29(43-2)30(21-26)44-3)23-31(38)39(37)34(42)35-22-27-13-9-6-10-14-27/h5-16,21,28,31H,4,17-20,22-24H2,1-3H3,(H,35,42)/t28-,31-/m0/s1. The van der Waals surface area contributed by atoms with Crippen LogP contribution >= 0.6 is 0 Å². The Morgan fingerprint density at radius 3 is 2.20 bits per heavy atom. The van der Waals surface area contributed by atoms with Gasteiger partial charge in [-0.25, -0.2) is 14.8 Å². The van der Waals surface area contributed by atoms with Crippen LogP contribution in [0.4, 0.5) is 4.79 Å². The van der Waals surface area contributed by atoms with Crippen LogP contribution in [0.3, 0.4) is 0 Å². The van der Waals surface area contributed by atoms with Crippen LogP contribution in [0.1, 0.15) is 30.0 Å². The Balaban J connectivity index is 1.44. The molecule has 3 aromatic rings. The van der Waals surface area contributed by atoms with E-state index in [1.54, 1.807) is 29.0 Å². The van der Waals surface area contributed by atoms with E-state index in [-0.39, 0.29) is 30.9 Å². The summed E-state index contributed by atoms with van der Waals surface area (Å²) in [6.45, 7) is 3.58. The summed E-state index contributed by atoms with van der Waals surface area (Å²) in [5, 5.41) is 6.55.